The largest absolute Gasteiger partial charge is 0.207 e. The predicted octanol–water partition coefficient (Wildman–Crippen LogP) is 7.53. The van der Waals surface area contributed by atoms with Crippen LogP contribution in [-0.4, -0.2) is 0 Å². The first-order chi connectivity index (χ1) is 14.5. The number of benzene rings is 3. The van der Waals surface area contributed by atoms with Crippen LogP contribution in [0.5, 0.6) is 0 Å². The molecule has 4 heteroatoms. The maximum absolute atomic E-state index is 14.7. The standard InChI is InChI=1S/C26H24F4/c1-2-3-4-16-5-10-22(23(27)11-16)20-9-8-17-12-19(7-6-18(17)13-20)21-14-24(28)26(30)25(29)15-21/h5-7,10-12,14-15,20H,2-4,8-9,13H2,1H3. The van der Waals surface area contributed by atoms with Crippen molar-refractivity contribution in [1.29, 1.82) is 0 Å². The van der Waals surface area contributed by atoms with Crippen molar-refractivity contribution in [3.63, 3.8) is 0 Å². The highest BCUT2D eigenvalue weighted by molar-refractivity contribution is 5.65. The molecule has 0 aromatic heterocycles. The lowest BCUT2D eigenvalue weighted by Gasteiger charge is -2.26. The first kappa shape index (κ1) is 20.6. The van der Waals surface area contributed by atoms with Gasteiger partial charge in [0, 0.05) is 0 Å². The number of fused-ring (bicyclic) bond motifs is 1. The SMILES string of the molecule is CCCCc1ccc(C2CCc3cc(-c4cc(F)c(F)c(F)c4)ccc3C2)c(F)c1. The number of unbranched alkanes of at least 4 members (excludes halogenated alkanes) is 1. The molecule has 156 valence electrons. The molecule has 0 heterocycles. The minimum Gasteiger partial charge on any atom is -0.207 e. The molecule has 0 nitrogen and oxygen atoms in total. The molecule has 0 saturated heterocycles. The quantitative estimate of drug-likeness (QED) is 0.300. The average Bonchev–Trinajstić information content (AvgIpc) is 2.75. The number of hydrogen-bond acceptors (Lipinski definition) is 0. The number of hydrogen-bond donors (Lipinski definition) is 0. The molecule has 0 spiro atoms. The zero-order valence-corrected chi connectivity index (χ0v) is 17.0. The highest BCUT2D eigenvalue weighted by atomic mass is 19.2. The van der Waals surface area contributed by atoms with Crippen LogP contribution in [0, 0.1) is 23.3 Å². The second-order valence-electron chi connectivity index (χ2n) is 8.14. The van der Waals surface area contributed by atoms with Crippen molar-refractivity contribution >= 4 is 0 Å². The van der Waals surface area contributed by atoms with Crippen molar-refractivity contribution in [3.8, 4) is 11.1 Å². The summed E-state index contributed by atoms with van der Waals surface area (Å²) in [5.74, 6) is -3.86. The monoisotopic (exact) mass is 412 g/mol. The van der Waals surface area contributed by atoms with Crippen molar-refractivity contribution in [1.82, 2.24) is 0 Å². The zero-order valence-electron chi connectivity index (χ0n) is 17.0. The highest BCUT2D eigenvalue weighted by Crippen LogP contribution is 2.36. The molecular formula is C26H24F4. The molecule has 4 rings (SSSR count). The molecule has 0 aliphatic heterocycles. The number of rotatable bonds is 5. The van der Waals surface area contributed by atoms with Crippen LogP contribution in [0.15, 0.2) is 48.5 Å². The third kappa shape index (κ3) is 4.14. The number of halogens is 4. The molecule has 30 heavy (non-hydrogen) atoms. The third-order valence-corrected chi connectivity index (χ3v) is 6.08. The van der Waals surface area contributed by atoms with Gasteiger partial charge in [-0.15, -0.1) is 0 Å². The minimum absolute atomic E-state index is 0.115. The van der Waals surface area contributed by atoms with Crippen LogP contribution in [0.25, 0.3) is 11.1 Å². The van der Waals surface area contributed by atoms with Gasteiger partial charge < -0.3 is 0 Å². The molecule has 1 unspecified atom stereocenters. The van der Waals surface area contributed by atoms with Crippen LogP contribution in [-0.2, 0) is 19.3 Å². The second-order valence-corrected chi connectivity index (χ2v) is 8.14. The second kappa shape index (κ2) is 8.63. The van der Waals surface area contributed by atoms with Gasteiger partial charge in [0.05, 0.1) is 0 Å². The molecule has 1 aliphatic rings. The Morgan fingerprint density at radius 3 is 2.27 bits per heavy atom. The molecule has 3 aromatic carbocycles. The first-order valence-corrected chi connectivity index (χ1v) is 10.5. The summed E-state index contributed by atoms with van der Waals surface area (Å²) >= 11 is 0. The summed E-state index contributed by atoms with van der Waals surface area (Å²) in [5.41, 5.74) is 4.97. The molecular weight excluding hydrogens is 388 g/mol. The van der Waals surface area contributed by atoms with Crippen molar-refractivity contribution in [3.05, 3.63) is 94.1 Å². The van der Waals surface area contributed by atoms with Gasteiger partial charge in [0.25, 0.3) is 0 Å². The lowest BCUT2D eigenvalue weighted by Crippen LogP contribution is -2.14. The highest BCUT2D eigenvalue weighted by Gasteiger charge is 2.23. The van der Waals surface area contributed by atoms with E-state index >= 15 is 0 Å². The maximum atomic E-state index is 14.7. The van der Waals surface area contributed by atoms with Gasteiger partial charge in [-0.25, -0.2) is 17.6 Å². The molecule has 3 aromatic rings. The van der Waals surface area contributed by atoms with E-state index in [4.69, 9.17) is 0 Å². The summed E-state index contributed by atoms with van der Waals surface area (Å²) in [5, 5.41) is 0. The van der Waals surface area contributed by atoms with E-state index in [1.807, 2.05) is 24.3 Å². The van der Waals surface area contributed by atoms with E-state index in [9.17, 15) is 17.6 Å². The summed E-state index contributed by atoms with van der Waals surface area (Å²) in [6, 6.07) is 13.3. The van der Waals surface area contributed by atoms with E-state index in [2.05, 4.69) is 6.92 Å². The predicted molar refractivity (Wildman–Crippen MR) is 112 cm³/mol. The summed E-state index contributed by atoms with van der Waals surface area (Å²) < 4.78 is 55.1. The molecule has 0 saturated carbocycles. The fourth-order valence-electron chi connectivity index (χ4n) is 4.36. The molecule has 0 bridgehead atoms. The Bertz CT molecular complexity index is 1050. The molecule has 0 radical (unpaired) electrons. The lowest BCUT2D eigenvalue weighted by molar-refractivity contribution is 0.447. The Morgan fingerprint density at radius 1 is 0.800 bits per heavy atom. The van der Waals surface area contributed by atoms with Gasteiger partial charge in [-0.05, 0) is 89.6 Å². The summed E-state index contributed by atoms with van der Waals surface area (Å²) in [6.45, 7) is 2.12. The Morgan fingerprint density at radius 2 is 1.57 bits per heavy atom. The third-order valence-electron chi connectivity index (χ3n) is 6.08. The Kier molecular flexibility index (Phi) is 5.94. The first-order valence-electron chi connectivity index (χ1n) is 10.5. The minimum atomic E-state index is -1.46. The summed E-state index contributed by atoms with van der Waals surface area (Å²) in [4.78, 5) is 0. The van der Waals surface area contributed by atoms with Gasteiger partial charge in [0.2, 0.25) is 0 Å². The lowest BCUT2D eigenvalue weighted by atomic mass is 9.79. The maximum Gasteiger partial charge on any atom is 0.194 e. The molecule has 0 amide bonds. The Labute approximate surface area is 174 Å². The van der Waals surface area contributed by atoms with Crippen LogP contribution < -0.4 is 0 Å². The van der Waals surface area contributed by atoms with E-state index in [0.717, 1.165) is 72.9 Å². The van der Waals surface area contributed by atoms with Crippen LogP contribution in [0.3, 0.4) is 0 Å². The topological polar surface area (TPSA) is 0 Å². The molecule has 1 atom stereocenters. The molecule has 0 fully saturated rings. The molecule has 0 N–H and O–H groups in total. The fraction of sp³-hybridized carbons (Fsp3) is 0.308. The summed E-state index contributed by atoms with van der Waals surface area (Å²) in [6.07, 6.45) is 5.34. The van der Waals surface area contributed by atoms with Crippen LogP contribution in [0.2, 0.25) is 0 Å². The van der Waals surface area contributed by atoms with Gasteiger partial charge >= 0.3 is 0 Å². The van der Waals surface area contributed by atoms with E-state index in [-0.39, 0.29) is 11.7 Å². The van der Waals surface area contributed by atoms with Gasteiger partial charge in [-0.2, -0.15) is 0 Å². The van der Waals surface area contributed by atoms with Crippen molar-refractivity contribution in [2.45, 2.75) is 51.4 Å². The van der Waals surface area contributed by atoms with E-state index in [1.165, 1.54) is 0 Å². The van der Waals surface area contributed by atoms with Crippen molar-refractivity contribution < 1.29 is 17.6 Å². The molecule has 1 aliphatic carbocycles. The van der Waals surface area contributed by atoms with Gasteiger partial charge in [-0.1, -0.05) is 43.7 Å². The van der Waals surface area contributed by atoms with E-state index in [0.29, 0.717) is 11.1 Å². The van der Waals surface area contributed by atoms with Crippen molar-refractivity contribution in [2.24, 2.45) is 0 Å². The van der Waals surface area contributed by atoms with E-state index in [1.54, 1.807) is 12.1 Å². The van der Waals surface area contributed by atoms with Crippen LogP contribution in [0.1, 0.15) is 54.4 Å². The average molecular weight is 412 g/mol. The number of aryl methyl sites for hydroxylation is 2. The van der Waals surface area contributed by atoms with Crippen LogP contribution >= 0.6 is 0 Å². The van der Waals surface area contributed by atoms with Gasteiger partial charge in [-0.3, -0.25) is 0 Å². The normalized spacial score (nSPS) is 15.8. The van der Waals surface area contributed by atoms with Crippen molar-refractivity contribution in [2.75, 3.05) is 0 Å². The summed E-state index contributed by atoms with van der Waals surface area (Å²) in [7, 11) is 0. The smallest absolute Gasteiger partial charge is 0.194 e. The van der Waals surface area contributed by atoms with Gasteiger partial charge in [0.15, 0.2) is 17.5 Å². The Hall–Kier alpha value is -2.62. The fourth-order valence-corrected chi connectivity index (χ4v) is 4.36. The van der Waals surface area contributed by atoms with Gasteiger partial charge in [0.1, 0.15) is 5.82 Å². The van der Waals surface area contributed by atoms with E-state index < -0.39 is 17.5 Å². The Balaban J connectivity index is 1.56. The zero-order chi connectivity index (χ0) is 21.3. The van der Waals surface area contributed by atoms with Crippen LogP contribution in [0.4, 0.5) is 17.6 Å².